The molecule has 1 atom stereocenters. The van der Waals surface area contributed by atoms with Gasteiger partial charge in [0.2, 0.25) is 10.0 Å². The average Bonchev–Trinajstić information content (AvgIpc) is 2.78. The van der Waals surface area contributed by atoms with Gasteiger partial charge in [0.05, 0.1) is 11.4 Å². The number of rotatable bonds is 7. The molecule has 0 bridgehead atoms. The monoisotopic (exact) mass is 443 g/mol. The summed E-state index contributed by atoms with van der Waals surface area (Å²) >= 11 is 0. The van der Waals surface area contributed by atoms with E-state index in [4.69, 9.17) is 5.73 Å². The zero-order valence-corrected chi connectivity index (χ0v) is 19.4. The van der Waals surface area contributed by atoms with Crippen LogP contribution in [0.3, 0.4) is 0 Å². The summed E-state index contributed by atoms with van der Waals surface area (Å²) < 4.78 is 27.9. The normalized spacial score (nSPS) is 17.5. The zero-order chi connectivity index (χ0) is 22.4. The van der Waals surface area contributed by atoms with Crippen LogP contribution >= 0.6 is 0 Å². The summed E-state index contributed by atoms with van der Waals surface area (Å²) in [6, 6.07) is 15.1. The number of aliphatic imine (C=N–C) groups is 1. The van der Waals surface area contributed by atoms with Crippen molar-refractivity contribution in [1.82, 2.24) is 9.21 Å². The molecule has 1 unspecified atom stereocenters. The van der Waals surface area contributed by atoms with E-state index in [1.807, 2.05) is 25.2 Å². The van der Waals surface area contributed by atoms with E-state index in [0.29, 0.717) is 29.5 Å². The molecule has 1 aliphatic heterocycles. The highest BCUT2D eigenvalue weighted by Gasteiger charge is 2.29. The standard InChI is InChI=1S/C23H33N5O2S/c1-4-18(2)19-9-11-21(12-10-19)26-23(24)25-17-20-7-5-6-8-22(20)31(29,30)28-15-13-27(3)14-16-28/h5-12,18H,4,13-17H2,1-3H3,(H3,24,25,26). The fourth-order valence-corrected chi connectivity index (χ4v) is 5.18. The minimum absolute atomic E-state index is 0.187. The molecule has 0 saturated carbocycles. The number of nitrogens with two attached hydrogens (primary N) is 1. The Bertz CT molecular complexity index is 997. The summed E-state index contributed by atoms with van der Waals surface area (Å²) in [5, 5.41) is 3.09. The summed E-state index contributed by atoms with van der Waals surface area (Å²) in [5.74, 6) is 0.766. The Kier molecular flexibility index (Phi) is 7.69. The molecule has 0 aliphatic carbocycles. The van der Waals surface area contributed by atoms with Crippen LogP contribution in [0, 0.1) is 0 Å². The first kappa shape index (κ1) is 23.2. The third kappa shape index (κ3) is 5.84. The topological polar surface area (TPSA) is 91.0 Å². The van der Waals surface area contributed by atoms with Crippen LogP contribution < -0.4 is 11.1 Å². The second-order valence-corrected chi connectivity index (χ2v) is 9.98. The van der Waals surface area contributed by atoms with Crippen LogP contribution in [0.5, 0.6) is 0 Å². The highest BCUT2D eigenvalue weighted by molar-refractivity contribution is 7.89. The van der Waals surface area contributed by atoms with Crippen molar-refractivity contribution in [2.45, 2.75) is 37.6 Å². The molecular weight excluding hydrogens is 410 g/mol. The van der Waals surface area contributed by atoms with Crippen LogP contribution in [0.25, 0.3) is 0 Å². The van der Waals surface area contributed by atoms with Crippen LogP contribution in [-0.2, 0) is 16.6 Å². The van der Waals surface area contributed by atoms with Gasteiger partial charge in [-0.15, -0.1) is 0 Å². The highest BCUT2D eigenvalue weighted by Crippen LogP contribution is 2.23. The van der Waals surface area contributed by atoms with Crippen molar-refractivity contribution in [3.63, 3.8) is 0 Å². The molecule has 1 heterocycles. The second-order valence-electron chi connectivity index (χ2n) is 8.07. The maximum atomic E-state index is 13.2. The van der Waals surface area contributed by atoms with Gasteiger partial charge in [-0.25, -0.2) is 13.4 Å². The van der Waals surface area contributed by atoms with Gasteiger partial charge in [0, 0.05) is 31.9 Å². The number of hydrogen-bond acceptors (Lipinski definition) is 4. The van der Waals surface area contributed by atoms with Crippen molar-refractivity contribution in [1.29, 1.82) is 0 Å². The molecule has 3 N–H and O–H groups in total. The SMILES string of the molecule is CCC(C)c1ccc(NC(N)=NCc2ccccc2S(=O)(=O)N2CCN(C)CC2)cc1. The third-order valence-electron chi connectivity index (χ3n) is 5.84. The van der Waals surface area contributed by atoms with E-state index < -0.39 is 10.0 Å². The molecule has 1 saturated heterocycles. The molecule has 7 nitrogen and oxygen atoms in total. The predicted octanol–water partition coefficient (Wildman–Crippen LogP) is 3.06. The van der Waals surface area contributed by atoms with E-state index in [1.165, 1.54) is 5.56 Å². The molecule has 168 valence electrons. The van der Waals surface area contributed by atoms with Gasteiger partial charge in [-0.3, -0.25) is 0 Å². The van der Waals surface area contributed by atoms with Crippen molar-refractivity contribution in [2.24, 2.45) is 10.7 Å². The predicted molar refractivity (Wildman–Crippen MR) is 127 cm³/mol. The Morgan fingerprint density at radius 2 is 1.74 bits per heavy atom. The van der Waals surface area contributed by atoms with E-state index in [9.17, 15) is 8.42 Å². The lowest BCUT2D eigenvalue weighted by molar-refractivity contribution is 0.222. The van der Waals surface area contributed by atoms with Gasteiger partial charge in [0.25, 0.3) is 0 Å². The zero-order valence-electron chi connectivity index (χ0n) is 18.6. The molecule has 0 aromatic heterocycles. The Hall–Kier alpha value is -2.42. The first-order valence-electron chi connectivity index (χ1n) is 10.7. The first-order valence-corrected chi connectivity index (χ1v) is 12.2. The maximum absolute atomic E-state index is 13.2. The Morgan fingerprint density at radius 1 is 1.10 bits per heavy atom. The fourth-order valence-electron chi connectivity index (χ4n) is 3.54. The van der Waals surface area contributed by atoms with E-state index in [-0.39, 0.29) is 12.5 Å². The number of nitrogens with zero attached hydrogens (tertiary/aromatic N) is 3. The smallest absolute Gasteiger partial charge is 0.243 e. The number of guanidine groups is 1. The largest absolute Gasteiger partial charge is 0.370 e. The second kappa shape index (κ2) is 10.3. The van der Waals surface area contributed by atoms with Gasteiger partial charge < -0.3 is 16.0 Å². The molecule has 0 amide bonds. The third-order valence-corrected chi connectivity index (χ3v) is 7.84. The van der Waals surface area contributed by atoms with Gasteiger partial charge in [0.15, 0.2) is 5.96 Å². The van der Waals surface area contributed by atoms with Crippen LogP contribution in [0.4, 0.5) is 5.69 Å². The average molecular weight is 444 g/mol. The molecule has 2 aromatic carbocycles. The van der Waals surface area contributed by atoms with Crippen molar-refractivity contribution in [3.8, 4) is 0 Å². The quantitative estimate of drug-likeness (QED) is 0.507. The number of nitrogens with one attached hydrogen (secondary N) is 1. The lowest BCUT2D eigenvalue weighted by Gasteiger charge is -2.32. The summed E-state index contributed by atoms with van der Waals surface area (Å²) in [4.78, 5) is 6.82. The number of piperazine rings is 1. The molecule has 1 aliphatic rings. The van der Waals surface area contributed by atoms with E-state index in [2.05, 4.69) is 41.2 Å². The number of benzene rings is 2. The Morgan fingerprint density at radius 3 is 2.39 bits per heavy atom. The lowest BCUT2D eigenvalue weighted by atomic mass is 9.99. The van der Waals surface area contributed by atoms with E-state index in [0.717, 1.165) is 25.2 Å². The van der Waals surface area contributed by atoms with E-state index >= 15 is 0 Å². The van der Waals surface area contributed by atoms with Crippen molar-refractivity contribution in [3.05, 3.63) is 59.7 Å². The van der Waals surface area contributed by atoms with Gasteiger partial charge in [-0.05, 0) is 48.7 Å². The van der Waals surface area contributed by atoms with Crippen LogP contribution in [-0.4, -0.2) is 56.8 Å². The fraction of sp³-hybridized carbons (Fsp3) is 0.435. The summed E-state index contributed by atoms with van der Waals surface area (Å²) in [5.41, 5.74) is 8.84. The van der Waals surface area contributed by atoms with Crippen LogP contribution in [0.15, 0.2) is 58.4 Å². The maximum Gasteiger partial charge on any atom is 0.243 e. The molecule has 0 spiro atoms. The minimum atomic E-state index is -3.56. The molecule has 3 rings (SSSR count). The van der Waals surface area contributed by atoms with Crippen molar-refractivity contribution in [2.75, 3.05) is 38.5 Å². The van der Waals surface area contributed by atoms with Gasteiger partial charge in [-0.2, -0.15) is 4.31 Å². The molecule has 1 fully saturated rings. The first-order chi connectivity index (χ1) is 14.8. The molecule has 2 aromatic rings. The van der Waals surface area contributed by atoms with Gasteiger partial charge in [-0.1, -0.05) is 44.2 Å². The Balaban J connectivity index is 1.71. The summed E-state index contributed by atoms with van der Waals surface area (Å²) in [6.45, 7) is 7.00. The minimum Gasteiger partial charge on any atom is -0.370 e. The Labute approximate surface area is 186 Å². The molecule has 8 heteroatoms. The number of anilines is 1. The summed E-state index contributed by atoms with van der Waals surface area (Å²) in [7, 11) is -1.56. The van der Waals surface area contributed by atoms with Gasteiger partial charge in [0.1, 0.15) is 0 Å². The lowest BCUT2D eigenvalue weighted by Crippen LogP contribution is -2.47. The van der Waals surface area contributed by atoms with Crippen LogP contribution in [0.2, 0.25) is 0 Å². The van der Waals surface area contributed by atoms with E-state index in [1.54, 1.807) is 22.5 Å². The number of sulfonamides is 1. The molecule has 31 heavy (non-hydrogen) atoms. The van der Waals surface area contributed by atoms with Gasteiger partial charge >= 0.3 is 0 Å². The molecular formula is C23H33N5O2S. The van der Waals surface area contributed by atoms with Crippen molar-refractivity contribution < 1.29 is 8.42 Å². The highest BCUT2D eigenvalue weighted by atomic mass is 32.2. The van der Waals surface area contributed by atoms with Crippen LogP contribution in [0.1, 0.15) is 37.3 Å². The number of hydrogen-bond donors (Lipinski definition) is 2. The molecule has 0 radical (unpaired) electrons. The number of likely N-dealkylation sites (N-methyl/N-ethyl adjacent to an activating group) is 1. The summed E-state index contributed by atoms with van der Waals surface area (Å²) in [6.07, 6.45) is 1.09. The van der Waals surface area contributed by atoms with Crippen molar-refractivity contribution >= 4 is 21.7 Å².